The average molecular weight is 414 g/mol. The molecule has 0 fully saturated rings. The van der Waals surface area contributed by atoms with Crippen molar-refractivity contribution in [2.45, 2.75) is 53.0 Å². The largest absolute Gasteiger partial charge is 0.365 e. The lowest BCUT2D eigenvalue weighted by molar-refractivity contribution is -0.121. The fourth-order valence-electron chi connectivity index (χ4n) is 3.56. The second kappa shape index (κ2) is 8.73. The molecule has 3 aromatic heterocycles. The number of amides is 2. The third kappa shape index (κ3) is 4.64. The highest BCUT2D eigenvalue weighted by Crippen LogP contribution is 2.25. The summed E-state index contributed by atoms with van der Waals surface area (Å²) in [7, 11) is 0. The number of hydrogen-bond donors (Lipinski definition) is 2. The third-order valence-corrected chi connectivity index (χ3v) is 5.99. The molecule has 0 saturated heterocycles. The first kappa shape index (κ1) is 21.0. The Kier molecular flexibility index (Phi) is 6.32. The maximum atomic E-state index is 12.7. The highest BCUT2D eigenvalue weighted by Gasteiger charge is 2.19. The van der Waals surface area contributed by atoms with Gasteiger partial charge in [-0.3, -0.25) is 9.59 Å². The van der Waals surface area contributed by atoms with Gasteiger partial charge in [0.2, 0.25) is 5.91 Å². The number of hydrogen-bond acceptors (Lipinski definition) is 5. The molecule has 3 N–H and O–H groups in total. The van der Waals surface area contributed by atoms with E-state index in [4.69, 9.17) is 5.73 Å². The number of nitrogens with one attached hydrogen (secondary N) is 1. The summed E-state index contributed by atoms with van der Waals surface area (Å²) in [6.45, 7) is 8.11. The van der Waals surface area contributed by atoms with Gasteiger partial charge in [0.1, 0.15) is 5.56 Å². The molecule has 0 aromatic carbocycles. The minimum Gasteiger partial charge on any atom is -0.365 e. The van der Waals surface area contributed by atoms with Crippen LogP contribution < -0.4 is 11.1 Å². The van der Waals surface area contributed by atoms with Crippen LogP contribution in [0.3, 0.4) is 0 Å². The van der Waals surface area contributed by atoms with Crippen molar-refractivity contribution in [3.05, 3.63) is 51.1 Å². The van der Waals surface area contributed by atoms with Gasteiger partial charge in [-0.25, -0.2) is 9.50 Å². The summed E-state index contributed by atoms with van der Waals surface area (Å²) in [5.41, 5.74) is 8.76. The molecule has 0 bridgehead atoms. The van der Waals surface area contributed by atoms with Crippen molar-refractivity contribution in [3.63, 3.8) is 0 Å². The highest BCUT2D eigenvalue weighted by molar-refractivity contribution is 7.10. The number of nitrogens with two attached hydrogens (primary N) is 1. The van der Waals surface area contributed by atoms with Crippen LogP contribution in [0.4, 0.5) is 0 Å². The number of nitrogens with zero attached hydrogens (tertiary/aromatic N) is 3. The van der Waals surface area contributed by atoms with Crippen LogP contribution >= 0.6 is 11.3 Å². The van der Waals surface area contributed by atoms with Gasteiger partial charge in [0.05, 0.1) is 12.2 Å². The zero-order chi connectivity index (χ0) is 21.1. The second-order valence-corrected chi connectivity index (χ2v) is 8.66. The van der Waals surface area contributed by atoms with Gasteiger partial charge in [0.15, 0.2) is 5.65 Å². The number of thiophene rings is 1. The number of aryl methyl sites for hydroxylation is 2. The predicted molar refractivity (Wildman–Crippen MR) is 114 cm³/mol. The quantitative estimate of drug-likeness (QED) is 0.591. The average Bonchev–Trinajstić information content (AvgIpc) is 3.30. The second-order valence-electron chi connectivity index (χ2n) is 7.68. The topological polar surface area (TPSA) is 102 Å². The van der Waals surface area contributed by atoms with Crippen LogP contribution in [0.1, 0.15) is 64.9 Å². The van der Waals surface area contributed by atoms with E-state index in [1.807, 2.05) is 25.3 Å². The van der Waals surface area contributed by atoms with E-state index in [1.165, 1.54) is 11.1 Å². The van der Waals surface area contributed by atoms with Crippen molar-refractivity contribution in [1.82, 2.24) is 19.9 Å². The van der Waals surface area contributed by atoms with Gasteiger partial charge in [-0.1, -0.05) is 19.9 Å². The Bertz CT molecular complexity index is 1020. The van der Waals surface area contributed by atoms with Crippen LogP contribution in [0.5, 0.6) is 0 Å². The van der Waals surface area contributed by atoms with Gasteiger partial charge in [-0.05, 0) is 49.6 Å². The van der Waals surface area contributed by atoms with Crippen LogP contribution in [-0.4, -0.2) is 26.4 Å². The minimum atomic E-state index is -0.553. The van der Waals surface area contributed by atoms with Crippen molar-refractivity contribution in [2.24, 2.45) is 11.7 Å². The number of aromatic nitrogens is 3. The summed E-state index contributed by atoms with van der Waals surface area (Å²) in [5, 5.41) is 9.46. The molecule has 1 atom stereocenters. The van der Waals surface area contributed by atoms with E-state index in [0.717, 1.165) is 23.4 Å². The van der Waals surface area contributed by atoms with Gasteiger partial charge in [-0.15, -0.1) is 11.3 Å². The Morgan fingerprint density at radius 3 is 2.69 bits per heavy atom. The maximum absolute atomic E-state index is 12.7. The maximum Gasteiger partial charge on any atom is 0.254 e. The summed E-state index contributed by atoms with van der Waals surface area (Å²) < 4.78 is 1.62. The van der Waals surface area contributed by atoms with Gasteiger partial charge >= 0.3 is 0 Å². The third-order valence-electron chi connectivity index (χ3n) is 5.01. The smallest absolute Gasteiger partial charge is 0.254 e. The normalized spacial score (nSPS) is 12.4. The molecular formula is C21H27N5O2S. The number of fused-ring (bicyclic) bond motifs is 1. The molecule has 0 radical (unpaired) electrons. The number of carbonyl (C=O) groups is 2. The lowest BCUT2D eigenvalue weighted by atomic mass is 10.0. The predicted octanol–water partition coefficient (Wildman–Crippen LogP) is 3.34. The van der Waals surface area contributed by atoms with Crippen molar-refractivity contribution >= 4 is 28.8 Å². The van der Waals surface area contributed by atoms with Gasteiger partial charge in [0, 0.05) is 22.7 Å². The van der Waals surface area contributed by atoms with Crippen molar-refractivity contribution in [2.75, 3.05) is 0 Å². The highest BCUT2D eigenvalue weighted by atomic mass is 32.1. The molecular weight excluding hydrogens is 386 g/mol. The molecule has 0 aliphatic heterocycles. The molecule has 2 amide bonds. The summed E-state index contributed by atoms with van der Waals surface area (Å²) in [4.78, 5) is 29.9. The van der Waals surface area contributed by atoms with E-state index in [9.17, 15) is 9.59 Å². The lowest BCUT2D eigenvalue weighted by Crippen LogP contribution is -2.29. The molecule has 7 nitrogen and oxygen atoms in total. The van der Waals surface area contributed by atoms with Crippen LogP contribution in [-0.2, 0) is 11.2 Å². The molecule has 1 unspecified atom stereocenters. The van der Waals surface area contributed by atoms with Crippen LogP contribution in [0, 0.1) is 19.8 Å². The molecule has 154 valence electrons. The standard InChI is InChI=1S/C21H27N5O2S/c1-12(2)10-17(18-6-5-9-29-18)25-19(27)8-7-15-13(3)24-21-16(20(22)28)11-23-26(21)14(15)4/h5-6,9,11-12,17H,7-8,10H2,1-4H3,(H2,22,28)(H,25,27). The monoisotopic (exact) mass is 413 g/mol. The Morgan fingerprint density at radius 1 is 1.31 bits per heavy atom. The molecule has 3 aromatic rings. The van der Waals surface area contributed by atoms with Gasteiger partial charge in [-0.2, -0.15) is 5.10 Å². The minimum absolute atomic E-state index is 0.0150. The van der Waals surface area contributed by atoms with Crippen molar-refractivity contribution in [1.29, 1.82) is 0 Å². The molecule has 29 heavy (non-hydrogen) atoms. The molecule has 0 aliphatic rings. The Morgan fingerprint density at radius 2 is 2.07 bits per heavy atom. The number of carbonyl (C=O) groups excluding carboxylic acids is 2. The fraction of sp³-hybridized carbons (Fsp3) is 0.429. The van der Waals surface area contributed by atoms with Gasteiger partial charge < -0.3 is 11.1 Å². The summed E-state index contributed by atoms with van der Waals surface area (Å²) >= 11 is 1.67. The first-order chi connectivity index (χ1) is 13.8. The first-order valence-electron chi connectivity index (χ1n) is 9.74. The van der Waals surface area contributed by atoms with Gasteiger partial charge in [0.25, 0.3) is 5.91 Å². The van der Waals surface area contributed by atoms with E-state index in [-0.39, 0.29) is 11.9 Å². The van der Waals surface area contributed by atoms with E-state index in [2.05, 4.69) is 35.3 Å². The number of rotatable bonds is 8. The van der Waals surface area contributed by atoms with Crippen molar-refractivity contribution < 1.29 is 9.59 Å². The zero-order valence-electron chi connectivity index (χ0n) is 17.2. The zero-order valence-corrected chi connectivity index (χ0v) is 18.0. The number of primary amides is 1. The SMILES string of the molecule is Cc1nc2c(C(N)=O)cnn2c(C)c1CCC(=O)NC(CC(C)C)c1cccs1. The summed E-state index contributed by atoms with van der Waals surface area (Å²) in [5.74, 6) is -0.0535. The summed E-state index contributed by atoms with van der Waals surface area (Å²) in [6.07, 6.45) is 3.25. The molecule has 0 spiro atoms. The molecule has 3 heterocycles. The lowest BCUT2D eigenvalue weighted by Gasteiger charge is -2.20. The fourth-order valence-corrected chi connectivity index (χ4v) is 4.35. The molecule has 0 aliphatic carbocycles. The first-order valence-corrected chi connectivity index (χ1v) is 10.6. The Hall–Kier alpha value is -2.74. The van der Waals surface area contributed by atoms with E-state index >= 15 is 0 Å². The molecule has 0 saturated carbocycles. The van der Waals surface area contributed by atoms with Crippen LogP contribution in [0.2, 0.25) is 0 Å². The van der Waals surface area contributed by atoms with E-state index in [0.29, 0.717) is 30.0 Å². The van der Waals surface area contributed by atoms with E-state index < -0.39 is 5.91 Å². The van der Waals surface area contributed by atoms with Crippen LogP contribution in [0.25, 0.3) is 5.65 Å². The van der Waals surface area contributed by atoms with Crippen molar-refractivity contribution in [3.8, 4) is 0 Å². The molecule has 3 rings (SSSR count). The Labute approximate surface area is 174 Å². The molecule has 8 heteroatoms. The van der Waals surface area contributed by atoms with Crippen LogP contribution in [0.15, 0.2) is 23.7 Å². The summed E-state index contributed by atoms with van der Waals surface area (Å²) in [6, 6.07) is 4.12. The Balaban J connectivity index is 1.74. The van der Waals surface area contributed by atoms with E-state index in [1.54, 1.807) is 15.9 Å².